The molecular formula is C11H21N3O4S. The second-order valence-corrected chi connectivity index (χ2v) is 4.43. The number of nitrogens with zero attached hydrogens (tertiary/aromatic N) is 2. The molecule has 0 spiro atoms. The maximum absolute atomic E-state index is 9.64. The van der Waals surface area contributed by atoms with Crippen LogP contribution in [0.25, 0.3) is 0 Å². The standard InChI is InChI=1S/C11H21N3O4S/c1-16-5-6-17-4-2-3-12-7-10(15)9-18-11-8-13-19-14-11/h8,10,12,15H,2-7,9H2,1H3. The Balaban J connectivity index is 1.86. The van der Waals surface area contributed by atoms with Crippen molar-refractivity contribution in [2.24, 2.45) is 0 Å². The Labute approximate surface area is 117 Å². The van der Waals surface area contributed by atoms with Crippen LogP contribution in [0.5, 0.6) is 5.88 Å². The third-order valence-corrected chi connectivity index (χ3v) is 2.68. The van der Waals surface area contributed by atoms with Crippen molar-refractivity contribution >= 4 is 11.7 Å². The van der Waals surface area contributed by atoms with Crippen LogP contribution >= 0.6 is 11.7 Å². The number of hydrogen-bond donors (Lipinski definition) is 2. The molecule has 0 aliphatic rings. The number of aliphatic hydroxyl groups excluding tert-OH is 1. The van der Waals surface area contributed by atoms with Crippen molar-refractivity contribution in [1.82, 2.24) is 14.1 Å². The number of hydrogen-bond acceptors (Lipinski definition) is 8. The Kier molecular flexibility index (Phi) is 9.46. The Morgan fingerprint density at radius 1 is 1.42 bits per heavy atom. The van der Waals surface area contributed by atoms with Crippen molar-refractivity contribution in [1.29, 1.82) is 0 Å². The zero-order chi connectivity index (χ0) is 13.8. The SMILES string of the molecule is COCCOCCCNCC(O)COc1cnsn1. The van der Waals surface area contributed by atoms with Crippen molar-refractivity contribution in [2.75, 3.05) is 46.6 Å². The quantitative estimate of drug-likeness (QED) is 0.521. The molecule has 19 heavy (non-hydrogen) atoms. The topological polar surface area (TPSA) is 85.7 Å². The number of ether oxygens (including phenoxy) is 3. The predicted molar refractivity (Wildman–Crippen MR) is 71.6 cm³/mol. The lowest BCUT2D eigenvalue weighted by molar-refractivity contribution is 0.0683. The molecule has 0 saturated carbocycles. The van der Waals surface area contributed by atoms with Crippen LogP contribution in [-0.4, -0.2) is 66.6 Å². The molecular weight excluding hydrogens is 270 g/mol. The minimum absolute atomic E-state index is 0.211. The van der Waals surface area contributed by atoms with Crippen LogP contribution in [0.2, 0.25) is 0 Å². The summed E-state index contributed by atoms with van der Waals surface area (Å²) in [5.41, 5.74) is 0. The first-order chi connectivity index (χ1) is 9.33. The van der Waals surface area contributed by atoms with Gasteiger partial charge in [-0.15, -0.1) is 4.37 Å². The van der Waals surface area contributed by atoms with Crippen molar-refractivity contribution in [2.45, 2.75) is 12.5 Å². The molecule has 2 N–H and O–H groups in total. The summed E-state index contributed by atoms with van der Waals surface area (Å²) in [6, 6.07) is 0. The summed E-state index contributed by atoms with van der Waals surface area (Å²) in [7, 11) is 1.65. The van der Waals surface area contributed by atoms with Gasteiger partial charge in [0.15, 0.2) is 0 Å². The summed E-state index contributed by atoms with van der Waals surface area (Å²) in [6.07, 6.45) is 1.87. The van der Waals surface area contributed by atoms with Gasteiger partial charge in [-0.05, 0) is 13.0 Å². The monoisotopic (exact) mass is 291 g/mol. The number of nitrogens with one attached hydrogen (secondary N) is 1. The number of aromatic nitrogens is 2. The molecule has 1 aromatic rings. The Bertz CT molecular complexity index is 300. The fourth-order valence-corrected chi connectivity index (χ4v) is 1.64. The van der Waals surface area contributed by atoms with Crippen LogP contribution < -0.4 is 10.1 Å². The molecule has 7 nitrogen and oxygen atoms in total. The van der Waals surface area contributed by atoms with E-state index in [2.05, 4.69) is 14.1 Å². The van der Waals surface area contributed by atoms with E-state index in [0.29, 0.717) is 32.2 Å². The van der Waals surface area contributed by atoms with Crippen LogP contribution in [0.15, 0.2) is 6.20 Å². The number of rotatable bonds is 12. The Hall–Kier alpha value is -0.800. The molecule has 0 saturated heterocycles. The molecule has 0 bridgehead atoms. The van der Waals surface area contributed by atoms with E-state index < -0.39 is 6.10 Å². The van der Waals surface area contributed by atoms with Crippen molar-refractivity contribution < 1.29 is 19.3 Å². The molecule has 0 aliphatic heterocycles. The second-order valence-electron chi connectivity index (χ2n) is 3.87. The highest BCUT2D eigenvalue weighted by Gasteiger charge is 2.05. The number of methoxy groups -OCH3 is 1. The number of aliphatic hydroxyl groups is 1. The molecule has 0 aliphatic carbocycles. The fraction of sp³-hybridized carbons (Fsp3) is 0.818. The first kappa shape index (κ1) is 16.3. The fourth-order valence-electron chi connectivity index (χ4n) is 1.27. The summed E-state index contributed by atoms with van der Waals surface area (Å²) < 4.78 is 23.1. The van der Waals surface area contributed by atoms with E-state index in [-0.39, 0.29) is 6.61 Å². The van der Waals surface area contributed by atoms with E-state index >= 15 is 0 Å². The van der Waals surface area contributed by atoms with Gasteiger partial charge in [-0.2, -0.15) is 4.37 Å². The first-order valence-electron chi connectivity index (χ1n) is 6.18. The summed E-state index contributed by atoms with van der Waals surface area (Å²) in [5, 5.41) is 12.8. The van der Waals surface area contributed by atoms with Gasteiger partial charge < -0.3 is 24.6 Å². The van der Waals surface area contributed by atoms with E-state index in [1.165, 1.54) is 6.20 Å². The van der Waals surface area contributed by atoms with Gasteiger partial charge in [-0.1, -0.05) is 0 Å². The summed E-state index contributed by atoms with van der Waals surface area (Å²) in [5.74, 6) is 0.454. The average Bonchev–Trinajstić information content (AvgIpc) is 2.93. The smallest absolute Gasteiger partial charge is 0.245 e. The van der Waals surface area contributed by atoms with Crippen LogP contribution in [0, 0.1) is 0 Å². The molecule has 1 rings (SSSR count). The molecule has 0 aromatic carbocycles. The zero-order valence-electron chi connectivity index (χ0n) is 11.1. The highest BCUT2D eigenvalue weighted by molar-refractivity contribution is 6.99. The maximum Gasteiger partial charge on any atom is 0.245 e. The minimum atomic E-state index is -0.559. The molecule has 1 aromatic heterocycles. The normalized spacial score (nSPS) is 12.5. The average molecular weight is 291 g/mol. The van der Waals surface area contributed by atoms with E-state index in [1.54, 1.807) is 7.11 Å². The van der Waals surface area contributed by atoms with Crippen molar-refractivity contribution in [3.8, 4) is 5.88 Å². The van der Waals surface area contributed by atoms with Crippen LogP contribution in [0.3, 0.4) is 0 Å². The highest BCUT2D eigenvalue weighted by Crippen LogP contribution is 2.04. The molecule has 1 unspecified atom stereocenters. The first-order valence-corrected chi connectivity index (χ1v) is 6.91. The van der Waals surface area contributed by atoms with Crippen LogP contribution in [0.1, 0.15) is 6.42 Å². The summed E-state index contributed by atoms with van der Waals surface area (Å²) >= 11 is 1.08. The van der Waals surface area contributed by atoms with Crippen LogP contribution in [-0.2, 0) is 9.47 Å². The van der Waals surface area contributed by atoms with E-state index in [0.717, 1.165) is 24.7 Å². The lowest BCUT2D eigenvalue weighted by Crippen LogP contribution is -2.32. The van der Waals surface area contributed by atoms with Gasteiger partial charge in [0, 0.05) is 20.3 Å². The zero-order valence-corrected chi connectivity index (χ0v) is 11.9. The van der Waals surface area contributed by atoms with Gasteiger partial charge in [-0.3, -0.25) is 0 Å². The van der Waals surface area contributed by atoms with Gasteiger partial charge in [0.2, 0.25) is 5.88 Å². The molecule has 110 valence electrons. The van der Waals surface area contributed by atoms with Crippen LogP contribution in [0.4, 0.5) is 0 Å². The third-order valence-electron chi connectivity index (χ3n) is 2.22. The molecule has 8 heteroatoms. The third kappa shape index (κ3) is 8.84. The van der Waals surface area contributed by atoms with Crippen molar-refractivity contribution in [3.05, 3.63) is 6.20 Å². The van der Waals surface area contributed by atoms with Crippen molar-refractivity contribution in [3.63, 3.8) is 0 Å². The molecule has 1 heterocycles. The largest absolute Gasteiger partial charge is 0.473 e. The van der Waals surface area contributed by atoms with E-state index in [1.807, 2.05) is 0 Å². The summed E-state index contributed by atoms with van der Waals surface area (Å²) in [6.45, 7) is 3.41. The lowest BCUT2D eigenvalue weighted by atomic mass is 10.3. The molecule has 0 fully saturated rings. The second kappa shape index (κ2) is 11.1. The van der Waals surface area contributed by atoms with Gasteiger partial charge in [0.1, 0.15) is 18.9 Å². The Morgan fingerprint density at radius 3 is 3.05 bits per heavy atom. The molecule has 1 atom stereocenters. The molecule has 0 radical (unpaired) electrons. The van der Waals surface area contributed by atoms with E-state index in [4.69, 9.17) is 14.2 Å². The maximum atomic E-state index is 9.64. The van der Waals surface area contributed by atoms with Gasteiger partial charge in [0.05, 0.1) is 24.9 Å². The lowest BCUT2D eigenvalue weighted by Gasteiger charge is -2.11. The van der Waals surface area contributed by atoms with E-state index in [9.17, 15) is 5.11 Å². The van der Waals surface area contributed by atoms with Gasteiger partial charge in [0.25, 0.3) is 0 Å². The highest BCUT2D eigenvalue weighted by atomic mass is 32.1. The van der Waals surface area contributed by atoms with Gasteiger partial charge in [-0.25, -0.2) is 0 Å². The summed E-state index contributed by atoms with van der Waals surface area (Å²) in [4.78, 5) is 0. The molecule has 0 amide bonds. The Morgan fingerprint density at radius 2 is 2.32 bits per heavy atom. The predicted octanol–water partition coefficient (Wildman–Crippen LogP) is -0.0795. The minimum Gasteiger partial charge on any atom is -0.473 e. The van der Waals surface area contributed by atoms with Gasteiger partial charge >= 0.3 is 0 Å².